The molecule has 0 bridgehead atoms. The Kier molecular flexibility index (Phi) is 4.25. The van der Waals surface area contributed by atoms with Crippen LogP contribution in [0.3, 0.4) is 0 Å². The lowest BCUT2D eigenvalue weighted by atomic mass is 10.2. The summed E-state index contributed by atoms with van der Waals surface area (Å²) in [5.74, 6) is 0. The van der Waals surface area contributed by atoms with Crippen LogP contribution in [0.4, 0.5) is 0 Å². The molecule has 2 nitrogen and oxygen atoms in total. The van der Waals surface area contributed by atoms with Crippen LogP contribution in [-0.4, -0.2) is 51.1 Å². The van der Waals surface area contributed by atoms with Crippen molar-refractivity contribution in [3.05, 3.63) is 29.8 Å². The molecule has 0 aliphatic carbocycles. The summed E-state index contributed by atoms with van der Waals surface area (Å²) in [7, 11) is 1.00. The van der Waals surface area contributed by atoms with E-state index in [0.717, 1.165) is 6.54 Å². The van der Waals surface area contributed by atoms with Gasteiger partial charge < -0.3 is 4.90 Å². The predicted molar refractivity (Wildman–Crippen MR) is 82.2 cm³/mol. The smallest absolute Gasteiger partial charge is 0.0780 e. The van der Waals surface area contributed by atoms with Gasteiger partial charge in [-0.2, -0.15) is 0 Å². The van der Waals surface area contributed by atoms with E-state index in [1.54, 1.807) is 10.8 Å². The van der Waals surface area contributed by atoms with Crippen LogP contribution in [-0.2, 0) is 6.54 Å². The minimum Gasteiger partial charge on any atom is -0.304 e. The first-order valence-corrected chi connectivity index (χ1v) is 10.5. The molecule has 0 radical (unpaired) electrons. The Balaban J connectivity index is 2.10. The van der Waals surface area contributed by atoms with E-state index < -0.39 is 8.07 Å². The Bertz CT molecular complexity index is 390. The lowest BCUT2D eigenvalue weighted by Crippen LogP contribution is -2.46. The maximum absolute atomic E-state index is 2.60. The van der Waals surface area contributed by atoms with E-state index in [-0.39, 0.29) is 0 Å². The molecule has 2 rings (SSSR count). The first-order valence-electron chi connectivity index (χ1n) is 6.96. The van der Waals surface area contributed by atoms with E-state index >= 15 is 0 Å². The Labute approximate surface area is 113 Å². The first-order chi connectivity index (χ1) is 8.47. The van der Waals surface area contributed by atoms with Crippen LogP contribution in [0.1, 0.15) is 5.56 Å². The van der Waals surface area contributed by atoms with Crippen molar-refractivity contribution in [3.8, 4) is 0 Å². The van der Waals surface area contributed by atoms with Gasteiger partial charge in [-0.05, 0) is 12.6 Å². The van der Waals surface area contributed by atoms with Gasteiger partial charge in [-0.15, -0.1) is 0 Å². The Morgan fingerprint density at radius 2 is 1.61 bits per heavy atom. The summed E-state index contributed by atoms with van der Waals surface area (Å²) in [6.45, 7) is 13.3. The van der Waals surface area contributed by atoms with E-state index in [9.17, 15) is 0 Å². The van der Waals surface area contributed by atoms with Crippen LogP contribution < -0.4 is 5.19 Å². The molecule has 1 aromatic rings. The van der Waals surface area contributed by atoms with Gasteiger partial charge in [-0.25, -0.2) is 0 Å². The van der Waals surface area contributed by atoms with Gasteiger partial charge in [-0.3, -0.25) is 4.90 Å². The lowest BCUT2D eigenvalue weighted by Gasteiger charge is -2.33. The van der Waals surface area contributed by atoms with E-state index in [2.05, 4.69) is 60.8 Å². The minimum absolute atomic E-state index is 1.13. The summed E-state index contributed by atoms with van der Waals surface area (Å²) in [4.78, 5) is 5.01. The average molecular weight is 262 g/mol. The number of hydrogen-bond acceptors (Lipinski definition) is 2. The summed E-state index contributed by atoms with van der Waals surface area (Å²) in [6, 6.07) is 9.06. The zero-order valence-electron chi connectivity index (χ0n) is 12.2. The number of piperazine rings is 1. The van der Waals surface area contributed by atoms with Crippen LogP contribution in [0, 0.1) is 0 Å². The second-order valence-electron chi connectivity index (χ2n) is 6.49. The standard InChI is InChI=1S/C15H26N2Si/c1-16-9-11-17(12-10-16)13-14-7-5-6-8-15(14)18(2,3)4/h5-8H,9-13H2,1-4H3. The Hall–Kier alpha value is -0.643. The third-order valence-corrected chi connectivity index (χ3v) is 5.92. The van der Waals surface area contributed by atoms with Crippen molar-refractivity contribution in [2.45, 2.75) is 26.2 Å². The van der Waals surface area contributed by atoms with E-state index in [0.29, 0.717) is 0 Å². The summed E-state index contributed by atoms with van der Waals surface area (Å²) >= 11 is 0. The van der Waals surface area contributed by atoms with Crippen molar-refractivity contribution < 1.29 is 0 Å². The van der Waals surface area contributed by atoms with Gasteiger partial charge in [0.25, 0.3) is 0 Å². The summed E-state index contributed by atoms with van der Waals surface area (Å²) in [6.07, 6.45) is 0. The third kappa shape index (κ3) is 3.43. The van der Waals surface area contributed by atoms with E-state index in [1.165, 1.54) is 26.2 Å². The first kappa shape index (κ1) is 13.8. The predicted octanol–water partition coefficient (Wildman–Crippen LogP) is 1.98. The second-order valence-corrected chi connectivity index (χ2v) is 11.5. The normalized spacial score (nSPS) is 19.1. The number of hydrogen-bond donors (Lipinski definition) is 0. The third-order valence-electron chi connectivity index (χ3n) is 3.82. The van der Waals surface area contributed by atoms with E-state index in [4.69, 9.17) is 0 Å². The van der Waals surface area contributed by atoms with Gasteiger partial charge in [0, 0.05) is 32.7 Å². The molecule has 0 aromatic heterocycles. The van der Waals surface area contributed by atoms with Gasteiger partial charge in [0.15, 0.2) is 0 Å². The largest absolute Gasteiger partial charge is 0.304 e. The SMILES string of the molecule is CN1CCN(Cc2ccccc2[Si](C)(C)C)CC1. The van der Waals surface area contributed by atoms with Crippen molar-refractivity contribution in [3.63, 3.8) is 0 Å². The minimum atomic E-state index is -1.21. The highest BCUT2D eigenvalue weighted by atomic mass is 28.3. The molecule has 0 spiro atoms. The van der Waals surface area contributed by atoms with Gasteiger partial charge in [0.2, 0.25) is 0 Å². The molecule has 0 saturated carbocycles. The summed E-state index contributed by atoms with van der Waals surface area (Å²) in [5, 5.41) is 1.63. The molecular formula is C15H26N2Si. The van der Waals surface area contributed by atoms with Gasteiger partial charge in [0.1, 0.15) is 0 Å². The van der Waals surface area contributed by atoms with E-state index in [1.807, 2.05) is 0 Å². The molecule has 0 amide bonds. The molecule has 3 heteroatoms. The van der Waals surface area contributed by atoms with Crippen LogP contribution in [0.15, 0.2) is 24.3 Å². The average Bonchev–Trinajstić information content (AvgIpc) is 2.31. The fourth-order valence-electron chi connectivity index (χ4n) is 2.64. The highest BCUT2D eigenvalue weighted by Gasteiger charge is 2.21. The van der Waals surface area contributed by atoms with Gasteiger partial charge in [0.05, 0.1) is 8.07 Å². The number of likely N-dealkylation sites (N-methyl/N-ethyl adjacent to an activating group) is 1. The van der Waals surface area contributed by atoms with Crippen LogP contribution >= 0.6 is 0 Å². The van der Waals surface area contributed by atoms with Gasteiger partial charge >= 0.3 is 0 Å². The molecule has 1 aliphatic heterocycles. The second kappa shape index (κ2) is 5.55. The molecule has 1 heterocycles. The van der Waals surface area contributed by atoms with Crippen molar-refractivity contribution in [1.29, 1.82) is 0 Å². The highest BCUT2D eigenvalue weighted by molar-refractivity contribution is 6.89. The van der Waals surface area contributed by atoms with Crippen molar-refractivity contribution >= 4 is 13.3 Å². The van der Waals surface area contributed by atoms with Crippen LogP contribution in [0.5, 0.6) is 0 Å². The summed E-state index contributed by atoms with van der Waals surface area (Å²) < 4.78 is 0. The number of rotatable bonds is 3. The Morgan fingerprint density at radius 3 is 2.22 bits per heavy atom. The molecule has 0 N–H and O–H groups in total. The highest BCUT2D eigenvalue weighted by Crippen LogP contribution is 2.11. The fraction of sp³-hybridized carbons (Fsp3) is 0.600. The fourth-order valence-corrected chi connectivity index (χ4v) is 4.36. The zero-order chi connectivity index (χ0) is 13.2. The molecule has 1 aromatic carbocycles. The molecule has 1 saturated heterocycles. The monoisotopic (exact) mass is 262 g/mol. The lowest BCUT2D eigenvalue weighted by molar-refractivity contribution is 0.148. The van der Waals surface area contributed by atoms with Crippen LogP contribution in [0.25, 0.3) is 0 Å². The van der Waals surface area contributed by atoms with Gasteiger partial charge in [-0.1, -0.05) is 49.1 Å². The topological polar surface area (TPSA) is 6.48 Å². The number of nitrogens with zero attached hydrogens (tertiary/aromatic N) is 2. The molecule has 100 valence electrons. The summed E-state index contributed by atoms with van der Waals surface area (Å²) in [5.41, 5.74) is 1.56. The maximum Gasteiger partial charge on any atom is 0.0780 e. The quantitative estimate of drug-likeness (QED) is 0.769. The number of benzene rings is 1. The Morgan fingerprint density at radius 1 is 1.00 bits per heavy atom. The van der Waals surface area contributed by atoms with Crippen LogP contribution in [0.2, 0.25) is 19.6 Å². The molecule has 1 aliphatic rings. The van der Waals surface area contributed by atoms with Crippen molar-refractivity contribution in [2.24, 2.45) is 0 Å². The maximum atomic E-state index is 2.60. The van der Waals surface area contributed by atoms with Crippen molar-refractivity contribution in [2.75, 3.05) is 33.2 Å². The molecule has 18 heavy (non-hydrogen) atoms. The van der Waals surface area contributed by atoms with Crippen molar-refractivity contribution in [1.82, 2.24) is 9.80 Å². The molecule has 0 atom stereocenters. The zero-order valence-corrected chi connectivity index (χ0v) is 13.2. The molecule has 1 fully saturated rings. The molecular weight excluding hydrogens is 236 g/mol. The molecule has 0 unspecified atom stereocenters.